The van der Waals surface area contributed by atoms with Crippen molar-refractivity contribution in [2.75, 3.05) is 0 Å². The molecule has 0 aliphatic carbocycles. The van der Waals surface area contributed by atoms with Crippen LogP contribution in [0.15, 0.2) is 57.6 Å². The van der Waals surface area contributed by atoms with Crippen LogP contribution >= 0.6 is 0 Å². The summed E-state index contributed by atoms with van der Waals surface area (Å²) >= 11 is 0. The van der Waals surface area contributed by atoms with Crippen LogP contribution in [0, 0.1) is 0 Å². The van der Waals surface area contributed by atoms with Crippen molar-refractivity contribution in [1.82, 2.24) is 0 Å². The molecule has 0 spiro atoms. The molecule has 9 heteroatoms. The van der Waals surface area contributed by atoms with Gasteiger partial charge in [0, 0.05) is 29.6 Å². The first-order valence-electron chi connectivity index (χ1n) is 5.66. The van der Waals surface area contributed by atoms with E-state index >= 15 is 0 Å². The van der Waals surface area contributed by atoms with Gasteiger partial charge >= 0.3 is 0 Å². The van der Waals surface area contributed by atoms with E-state index in [2.05, 4.69) is 10.2 Å². The zero-order valence-electron chi connectivity index (χ0n) is 11.5. The van der Waals surface area contributed by atoms with Gasteiger partial charge in [-0.3, -0.25) is 4.79 Å². The number of carbonyl (C=O) groups is 1. The van der Waals surface area contributed by atoms with Crippen LogP contribution in [0.1, 0.15) is 10.4 Å². The second-order valence-corrected chi connectivity index (χ2v) is 5.39. The maximum Gasteiger partial charge on any atom is 0.153 e. The minimum Gasteiger partial charge on any atom is -0.744 e. The summed E-state index contributed by atoms with van der Waals surface area (Å²) in [5.74, 6) is -0.158. The maximum atomic E-state index is 10.8. The van der Waals surface area contributed by atoms with Gasteiger partial charge in [0.15, 0.2) is 6.29 Å². The summed E-state index contributed by atoms with van der Waals surface area (Å²) in [6.45, 7) is 0. The fourth-order valence-electron chi connectivity index (χ4n) is 1.49. The minimum absolute atomic E-state index is 0. The van der Waals surface area contributed by atoms with E-state index in [0.29, 0.717) is 17.7 Å². The number of rotatable bonds is 4. The van der Waals surface area contributed by atoms with Crippen molar-refractivity contribution in [2.24, 2.45) is 10.2 Å². The molecule has 1 radical (unpaired) electrons. The van der Waals surface area contributed by atoms with Crippen LogP contribution < -0.4 is 0 Å². The molecule has 0 bridgehead atoms. The van der Waals surface area contributed by atoms with Gasteiger partial charge in [0.1, 0.15) is 15.9 Å². The molecule has 2 rings (SSSR count). The Labute approximate surface area is 148 Å². The Bertz CT molecular complexity index is 804. The Morgan fingerprint density at radius 3 is 2.09 bits per heavy atom. The van der Waals surface area contributed by atoms with Crippen molar-refractivity contribution in [3.05, 3.63) is 48.0 Å². The molecule has 7 nitrogen and oxygen atoms in total. The van der Waals surface area contributed by atoms with Gasteiger partial charge in [0.05, 0.1) is 21.8 Å². The van der Waals surface area contributed by atoms with Crippen molar-refractivity contribution in [2.45, 2.75) is 4.90 Å². The van der Waals surface area contributed by atoms with Crippen LogP contribution in [0.25, 0.3) is 0 Å². The zero-order valence-corrected chi connectivity index (χ0v) is 14.3. The standard InChI is InChI=1S/C13H10N2O5S.Na/c16-8-9-7-11(3-6-13(9)17)15-14-10-1-4-12(5-2-10)21(18,19)20;/h1-8,17H,(H,18,19,20);/p-1. The van der Waals surface area contributed by atoms with Crippen molar-refractivity contribution < 1.29 is 22.9 Å². The third kappa shape index (κ3) is 4.72. The van der Waals surface area contributed by atoms with E-state index < -0.39 is 10.1 Å². The first-order chi connectivity index (χ1) is 9.90. The van der Waals surface area contributed by atoms with Crippen molar-refractivity contribution in [1.29, 1.82) is 0 Å². The van der Waals surface area contributed by atoms with E-state index in [4.69, 9.17) is 0 Å². The van der Waals surface area contributed by atoms with Gasteiger partial charge in [-0.2, -0.15) is 10.2 Å². The first-order valence-corrected chi connectivity index (χ1v) is 7.07. The Balaban J connectivity index is 0.00000242. The molecule has 0 amide bonds. The van der Waals surface area contributed by atoms with Gasteiger partial charge in [-0.15, -0.1) is 0 Å². The number of phenolic OH excluding ortho intramolecular Hbond substituents is 1. The molecule has 22 heavy (non-hydrogen) atoms. The van der Waals surface area contributed by atoms with E-state index in [1.54, 1.807) is 0 Å². The van der Waals surface area contributed by atoms with Gasteiger partial charge in [-0.05, 0) is 42.5 Å². The van der Waals surface area contributed by atoms with E-state index in [9.17, 15) is 22.9 Å². The summed E-state index contributed by atoms with van der Waals surface area (Å²) < 4.78 is 32.3. The first kappa shape index (κ1) is 18.5. The predicted octanol–water partition coefficient (Wildman–Crippen LogP) is 2.14. The molecular weight excluding hydrogens is 319 g/mol. The number of aromatic hydroxyl groups is 1. The maximum absolute atomic E-state index is 10.8. The number of carbonyl (C=O) groups excluding carboxylic acids is 1. The van der Waals surface area contributed by atoms with Crippen LogP contribution in [0.3, 0.4) is 0 Å². The Morgan fingerprint density at radius 2 is 1.55 bits per heavy atom. The average molecular weight is 328 g/mol. The van der Waals surface area contributed by atoms with Crippen LogP contribution in [-0.4, -0.2) is 53.9 Å². The molecule has 0 saturated heterocycles. The number of hydrogen-bond donors (Lipinski definition) is 1. The molecule has 109 valence electrons. The smallest absolute Gasteiger partial charge is 0.153 e. The summed E-state index contributed by atoms with van der Waals surface area (Å²) in [5.41, 5.74) is 0.762. The Kier molecular flexibility index (Phi) is 6.39. The third-order valence-electron chi connectivity index (χ3n) is 2.54. The Hall–Kier alpha value is -1.58. The summed E-state index contributed by atoms with van der Waals surface area (Å²) in [5, 5.41) is 17.0. The summed E-state index contributed by atoms with van der Waals surface area (Å²) in [4.78, 5) is 10.3. The largest absolute Gasteiger partial charge is 0.744 e. The van der Waals surface area contributed by atoms with Crippen molar-refractivity contribution >= 4 is 57.3 Å². The van der Waals surface area contributed by atoms with E-state index in [0.717, 1.165) is 12.1 Å². The number of phenols is 1. The van der Waals surface area contributed by atoms with E-state index in [-0.39, 0.29) is 45.8 Å². The van der Waals surface area contributed by atoms with Gasteiger partial charge in [0.2, 0.25) is 0 Å². The molecule has 0 unspecified atom stereocenters. The second kappa shape index (κ2) is 7.61. The molecule has 2 aromatic rings. The number of nitrogens with zero attached hydrogens (tertiary/aromatic N) is 2. The van der Waals surface area contributed by atoms with E-state index in [1.165, 1.54) is 30.3 Å². The Morgan fingerprint density at radius 1 is 1.00 bits per heavy atom. The molecule has 0 heterocycles. The van der Waals surface area contributed by atoms with Gasteiger partial charge < -0.3 is 9.66 Å². The fraction of sp³-hybridized carbons (Fsp3) is 0. The number of benzene rings is 2. The molecule has 0 saturated carbocycles. The van der Waals surface area contributed by atoms with Gasteiger partial charge in [0.25, 0.3) is 0 Å². The molecule has 2 aromatic carbocycles. The summed E-state index contributed by atoms with van der Waals surface area (Å²) in [6, 6.07) is 9.04. The van der Waals surface area contributed by atoms with Crippen LogP contribution in [0.5, 0.6) is 5.75 Å². The summed E-state index contributed by atoms with van der Waals surface area (Å²) in [7, 11) is -4.49. The third-order valence-corrected chi connectivity index (χ3v) is 3.39. The summed E-state index contributed by atoms with van der Waals surface area (Å²) in [6.07, 6.45) is 0.488. The van der Waals surface area contributed by atoms with Gasteiger partial charge in [-0.25, -0.2) is 8.42 Å². The molecule has 1 N–H and O–H groups in total. The molecule has 0 aliphatic heterocycles. The fourth-order valence-corrected chi connectivity index (χ4v) is 1.96. The quantitative estimate of drug-likeness (QED) is 0.399. The normalized spacial score (nSPS) is 11.1. The number of hydrogen-bond acceptors (Lipinski definition) is 7. The van der Waals surface area contributed by atoms with Crippen molar-refractivity contribution in [3.63, 3.8) is 0 Å². The zero-order chi connectivity index (χ0) is 15.5. The molecule has 0 aliphatic rings. The van der Waals surface area contributed by atoms with E-state index in [1.807, 2.05) is 0 Å². The van der Waals surface area contributed by atoms with Crippen LogP contribution in [0.4, 0.5) is 11.4 Å². The van der Waals surface area contributed by atoms with Crippen molar-refractivity contribution in [3.8, 4) is 5.75 Å². The molecule has 0 aromatic heterocycles. The monoisotopic (exact) mass is 328 g/mol. The van der Waals surface area contributed by atoms with Crippen LogP contribution in [0.2, 0.25) is 0 Å². The SMILES string of the molecule is O=Cc1cc(N=Nc2ccc(S(=O)(=O)[O-])cc2)ccc1O.[Na]. The van der Waals surface area contributed by atoms with Gasteiger partial charge in [-0.1, -0.05) is 0 Å². The van der Waals surface area contributed by atoms with Crippen LogP contribution in [-0.2, 0) is 10.1 Å². The minimum atomic E-state index is -4.49. The molecular formula is C13H9N2NaO5S-. The second-order valence-electron chi connectivity index (χ2n) is 4.01. The average Bonchev–Trinajstić information content (AvgIpc) is 2.46. The molecule has 0 fully saturated rings. The topological polar surface area (TPSA) is 119 Å². The molecule has 0 atom stereocenters. The number of aldehydes is 1. The number of azo groups is 1. The predicted molar refractivity (Wildman–Crippen MR) is 77.8 cm³/mol.